The first-order valence-electron chi connectivity index (χ1n) is 6.58. The van der Waals surface area contributed by atoms with E-state index in [1.807, 2.05) is 14.0 Å². The average Bonchev–Trinajstić information content (AvgIpc) is 2.41. The van der Waals surface area contributed by atoms with Crippen LogP contribution in [-0.2, 0) is 10.8 Å². The summed E-state index contributed by atoms with van der Waals surface area (Å²) >= 11 is 5.76. The van der Waals surface area contributed by atoms with Crippen LogP contribution in [-0.4, -0.2) is 22.5 Å². The van der Waals surface area contributed by atoms with Crippen LogP contribution in [0.3, 0.4) is 0 Å². The summed E-state index contributed by atoms with van der Waals surface area (Å²) in [5.74, 6) is -0.478. The lowest BCUT2D eigenvalue weighted by atomic mass is 10.1. The molecule has 1 aromatic rings. The third-order valence-corrected chi connectivity index (χ3v) is 5.44. The Kier molecular flexibility index (Phi) is 6.97. The monoisotopic (exact) mass is 305 g/mol. The van der Waals surface area contributed by atoms with Gasteiger partial charge in [-0.3, -0.25) is 4.21 Å². The lowest BCUT2D eigenvalue weighted by Gasteiger charge is -2.25. The van der Waals surface area contributed by atoms with E-state index in [0.29, 0.717) is 4.90 Å². The molecular formula is C14H21ClFNOS. The van der Waals surface area contributed by atoms with E-state index in [4.69, 9.17) is 11.6 Å². The SMILES string of the molecule is CCCC(NC)C(CC)S(=O)c1ccc(F)c(Cl)c1. The van der Waals surface area contributed by atoms with Crippen molar-refractivity contribution in [3.05, 3.63) is 29.0 Å². The summed E-state index contributed by atoms with van der Waals surface area (Å²) < 4.78 is 25.8. The number of halogens is 2. The van der Waals surface area contributed by atoms with Gasteiger partial charge in [-0.1, -0.05) is 31.9 Å². The van der Waals surface area contributed by atoms with Gasteiger partial charge < -0.3 is 5.32 Å². The van der Waals surface area contributed by atoms with Crippen LogP contribution in [0.5, 0.6) is 0 Å². The van der Waals surface area contributed by atoms with Gasteiger partial charge in [0.2, 0.25) is 0 Å². The summed E-state index contributed by atoms with van der Waals surface area (Å²) in [7, 11) is 0.702. The van der Waals surface area contributed by atoms with E-state index in [1.54, 1.807) is 6.07 Å². The minimum atomic E-state index is -1.18. The van der Waals surface area contributed by atoms with Crippen molar-refractivity contribution in [1.29, 1.82) is 0 Å². The van der Waals surface area contributed by atoms with Gasteiger partial charge in [0, 0.05) is 10.9 Å². The molecule has 3 unspecified atom stereocenters. The standard InChI is InChI=1S/C14H21ClFNOS/c1-4-6-13(17-3)14(5-2)19(18)10-7-8-12(16)11(15)9-10/h7-9,13-14,17H,4-6H2,1-3H3. The molecule has 0 aliphatic rings. The highest BCUT2D eigenvalue weighted by Gasteiger charge is 2.25. The minimum absolute atomic E-state index is 0.00600. The largest absolute Gasteiger partial charge is 0.316 e. The second-order valence-electron chi connectivity index (χ2n) is 4.50. The highest BCUT2D eigenvalue weighted by molar-refractivity contribution is 7.85. The van der Waals surface area contributed by atoms with Gasteiger partial charge in [-0.2, -0.15) is 0 Å². The Morgan fingerprint density at radius 3 is 2.58 bits per heavy atom. The van der Waals surface area contributed by atoms with Crippen LogP contribution in [0.1, 0.15) is 33.1 Å². The number of hydrogen-bond acceptors (Lipinski definition) is 2. The van der Waals surface area contributed by atoms with Crippen molar-refractivity contribution in [2.75, 3.05) is 7.05 Å². The number of nitrogens with one attached hydrogen (secondary N) is 1. The molecule has 0 amide bonds. The molecule has 0 saturated carbocycles. The number of hydrogen-bond donors (Lipinski definition) is 1. The summed E-state index contributed by atoms with van der Waals surface area (Å²) in [5.41, 5.74) is 0. The summed E-state index contributed by atoms with van der Waals surface area (Å²) in [6, 6.07) is 4.49. The lowest BCUT2D eigenvalue weighted by Crippen LogP contribution is -2.39. The Morgan fingerprint density at radius 1 is 1.42 bits per heavy atom. The van der Waals surface area contributed by atoms with Crippen molar-refractivity contribution in [3.8, 4) is 0 Å². The molecular weight excluding hydrogens is 285 g/mol. The molecule has 19 heavy (non-hydrogen) atoms. The zero-order chi connectivity index (χ0) is 14.4. The molecule has 2 nitrogen and oxygen atoms in total. The van der Waals surface area contributed by atoms with E-state index in [1.165, 1.54) is 12.1 Å². The molecule has 0 aliphatic heterocycles. The highest BCUT2D eigenvalue weighted by atomic mass is 35.5. The molecule has 1 N–H and O–H groups in total. The Morgan fingerprint density at radius 2 is 2.11 bits per heavy atom. The number of benzene rings is 1. The zero-order valence-electron chi connectivity index (χ0n) is 11.6. The second-order valence-corrected chi connectivity index (χ2v) is 6.58. The molecule has 0 aliphatic carbocycles. The predicted molar refractivity (Wildman–Crippen MR) is 79.7 cm³/mol. The van der Waals surface area contributed by atoms with Crippen LogP contribution < -0.4 is 5.32 Å². The first-order valence-corrected chi connectivity index (χ1v) is 8.17. The molecule has 3 atom stereocenters. The van der Waals surface area contributed by atoms with E-state index < -0.39 is 16.6 Å². The maximum atomic E-state index is 13.1. The Labute approximate surface area is 122 Å². The van der Waals surface area contributed by atoms with Gasteiger partial charge in [0.25, 0.3) is 0 Å². The molecule has 0 heterocycles. The third kappa shape index (κ3) is 4.26. The predicted octanol–water partition coefficient (Wildman–Crippen LogP) is 3.75. The smallest absolute Gasteiger partial charge is 0.141 e. The molecule has 0 radical (unpaired) electrons. The quantitative estimate of drug-likeness (QED) is 0.831. The summed E-state index contributed by atoms with van der Waals surface area (Å²) in [6.45, 7) is 4.13. The van der Waals surface area contributed by atoms with E-state index in [9.17, 15) is 8.60 Å². The molecule has 0 saturated heterocycles. The van der Waals surface area contributed by atoms with Gasteiger partial charge in [-0.05, 0) is 38.1 Å². The molecule has 1 aromatic carbocycles. The van der Waals surface area contributed by atoms with Gasteiger partial charge in [0.1, 0.15) is 5.82 Å². The van der Waals surface area contributed by atoms with Gasteiger partial charge in [-0.25, -0.2) is 4.39 Å². The van der Waals surface area contributed by atoms with E-state index >= 15 is 0 Å². The molecule has 0 spiro atoms. The van der Waals surface area contributed by atoms with Gasteiger partial charge in [0.05, 0.1) is 21.1 Å². The fourth-order valence-electron chi connectivity index (χ4n) is 2.19. The Bertz CT molecular complexity index is 441. The van der Waals surface area contributed by atoms with Crippen LogP contribution in [0.4, 0.5) is 4.39 Å². The van der Waals surface area contributed by atoms with Crippen molar-refractivity contribution >= 4 is 22.4 Å². The van der Waals surface area contributed by atoms with Crippen molar-refractivity contribution in [3.63, 3.8) is 0 Å². The fraction of sp³-hybridized carbons (Fsp3) is 0.571. The van der Waals surface area contributed by atoms with E-state index in [2.05, 4.69) is 12.2 Å². The van der Waals surface area contributed by atoms with Gasteiger partial charge in [0.15, 0.2) is 0 Å². The minimum Gasteiger partial charge on any atom is -0.316 e. The molecule has 1 rings (SSSR count). The van der Waals surface area contributed by atoms with Crippen LogP contribution in [0.2, 0.25) is 5.02 Å². The van der Waals surface area contributed by atoms with E-state index in [0.717, 1.165) is 19.3 Å². The number of rotatable bonds is 7. The Hall–Kier alpha value is -0.450. The van der Waals surface area contributed by atoms with Crippen LogP contribution in [0.15, 0.2) is 23.1 Å². The second kappa shape index (κ2) is 7.98. The molecule has 108 valence electrons. The Balaban J connectivity index is 2.97. The maximum Gasteiger partial charge on any atom is 0.141 e. The maximum absolute atomic E-state index is 13.1. The normalized spacial score (nSPS) is 16.1. The molecule has 0 bridgehead atoms. The van der Waals surface area contributed by atoms with Crippen molar-refractivity contribution < 1.29 is 8.60 Å². The topological polar surface area (TPSA) is 29.1 Å². The lowest BCUT2D eigenvalue weighted by molar-refractivity contribution is 0.480. The van der Waals surface area contributed by atoms with Crippen LogP contribution in [0, 0.1) is 5.82 Å². The van der Waals surface area contributed by atoms with E-state index in [-0.39, 0.29) is 16.3 Å². The average molecular weight is 306 g/mol. The van der Waals surface area contributed by atoms with Crippen molar-refractivity contribution in [1.82, 2.24) is 5.32 Å². The summed E-state index contributed by atoms with van der Waals surface area (Å²) in [4.78, 5) is 0.592. The molecule has 5 heteroatoms. The van der Waals surface area contributed by atoms with Crippen molar-refractivity contribution in [2.45, 2.75) is 49.3 Å². The summed E-state index contributed by atoms with van der Waals surface area (Å²) in [6.07, 6.45) is 2.80. The van der Waals surface area contributed by atoms with Crippen molar-refractivity contribution in [2.24, 2.45) is 0 Å². The van der Waals surface area contributed by atoms with Gasteiger partial charge in [-0.15, -0.1) is 0 Å². The fourth-order valence-corrected chi connectivity index (χ4v) is 4.09. The third-order valence-electron chi connectivity index (χ3n) is 3.22. The van der Waals surface area contributed by atoms with Gasteiger partial charge >= 0.3 is 0 Å². The zero-order valence-corrected chi connectivity index (χ0v) is 13.2. The molecule has 0 fully saturated rings. The molecule has 0 aromatic heterocycles. The first-order chi connectivity index (χ1) is 9.04. The highest BCUT2D eigenvalue weighted by Crippen LogP contribution is 2.23. The van der Waals surface area contributed by atoms with Crippen LogP contribution >= 0.6 is 11.6 Å². The van der Waals surface area contributed by atoms with Crippen LogP contribution in [0.25, 0.3) is 0 Å². The summed E-state index contributed by atoms with van der Waals surface area (Å²) in [5, 5.41) is 3.26. The first kappa shape index (κ1) is 16.6.